The summed E-state index contributed by atoms with van der Waals surface area (Å²) in [6.07, 6.45) is 1.17. The van der Waals surface area contributed by atoms with Crippen molar-refractivity contribution in [3.63, 3.8) is 0 Å². The molecular weight excluding hydrogens is 324 g/mol. The number of benzene rings is 1. The van der Waals surface area contributed by atoms with E-state index in [0.29, 0.717) is 11.5 Å². The summed E-state index contributed by atoms with van der Waals surface area (Å²) in [5, 5.41) is 3.78. The molecule has 0 aliphatic carbocycles. The first-order valence-electron chi connectivity index (χ1n) is 7.97. The van der Waals surface area contributed by atoms with Crippen LogP contribution in [0.2, 0.25) is 0 Å². The highest BCUT2D eigenvalue weighted by Crippen LogP contribution is 2.31. The highest BCUT2D eigenvalue weighted by atomic mass is 79.9. The quantitative estimate of drug-likeness (QED) is 0.864. The van der Waals surface area contributed by atoms with E-state index in [2.05, 4.69) is 85.0 Å². The van der Waals surface area contributed by atoms with Crippen LogP contribution < -0.4 is 5.32 Å². The Hall–Kier alpha value is -0.380. The molecule has 3 heteroatoms. The molecule has 118 valence electrons. The maximum atomic E-state index is 3.78. The average molecular weight is 353 g/mol. The van der Waals surface area contributed by atoms with Gasteiger partial charge in [0.05, 0.1) is 0 Å². The van der Waals surface area contributed by atoms with E-state index in [9.17, 15) is 0 Å². The summed E-state index contributed by atoms with van der Waals surface area (Å²) >= 11 is 3.59. The topological polar surface area (TPSA) is 15.3 Å². The SMILES string of the molecule is CCC1(C)CNC(C(C)(C)C)CN1Cc1cccc(Br)c1. The van der Waals surface area contributed by atoms with E-state index in [1.54, 1.807) is 0 Å². The molecule has 1 heterocycles. The number of nitrogens with one attached hydrogen (secondary N) is 1. The molecule has 2 rings (SSSR count). The highest BCUT2D eigenvalue weighted by molar-refractivity contribution is 9.10. The molecule has 2 atom stereocenters. The molecule has 1 aliphatic rings. The number of piperazine rings is 1. The molecule has 1 aromatic carbocycles. The van der Waals surface area contributed by atoms with Gasteiger partial charge in [-0.15, -0.1) is 0 Å². The normalized spacial score (nSPS) is 27.8. The molecular formula is C18H29BrN2. The molecule has 1 N–H and O–H groups in total. The lowest BCUT2D eigenvalue weighted by molar-refractivity contribution is 0.0157. The minimum absolute atomic E-state index is 0.240. The van der Waals surface area contributed by atoms with E-state index in [0.717, 1.165) is 19.6 Å². The summed E-state index contributed by atoms with van der Waals surface area (Å²) in [4.78, 5) is 2.67. The summed E-state index contributed by atoms with van der Waals surface area (Å²) in [5.74, 6) is 0. The lowest BCUT2D eigenvalue weighted by atomic mass is 9.81. The van der Waals surface area contributed by atoms with Gasteiger partial charge in [-0.2, -0.15) is 0 Å². The van der Waals surface area contributed by atoms with E-state index < -0.39 is 0 Å². The molecule has 2 nitrogen and oxygen atoms in total. The predicted molar refractivity (Wildman–Crippen MR) is 94.5 cm³/mol. The lowest BCUT2D eigenvalue weighted by Gasteiger charge is -2.51. The average Bonchev–Trinajstić information content (AvgIpc) is 2.40. The zero-order valence-corrected chi connectivity index (χ0v) is 15.6. The summed E-state index contributed by atoms with van der Waals surface area (Å²) in [6, 6.07) is 9.24. The van der Waals surface area contributed by atoms with E-state index in [-0.39, 0.29) is 5.54 Å². The van der Waals surface area contributed by atoms with E-state index in [1.165, 1.54) is 16.5 Å². The molecule has 1 saturated heterocycles. The molecule has 0 radical (unpaired) electrons. The van der Waals surface area contributed by atoms with Gasteiger partial charge in [0.15, 0.2) is 0 Å². The van der Waals surface area contributed by atoms with Crippen molar-refractivity contribution in [3.05, 3.63) is 34.3 Å². The fourth-order valence-electron chi connectivity index (χ4n) is 3.00. The second-order valence-corrected chi connectivity index (χ2v) is 8.58. The molecule has 2 unspecified atom stereocenters. The van der Waals surface area contributed by atoms with Crippen LogP contribution in [-0.2, 0) is 6.54 Å². The van der Waals surface area contributed by atoms with Crippen molar-refractivity contribution >= 4 is 15.9 Å². The van der Waals surface area contributed by atoms with Crippen LogP contribution in [0.15, 0.2) is 28.7 Å². The molecule has 1 aromatic rings. The third kappa shape index (κ3) is 4.08. The molecule has 0 aromatic heterocycles. The Kier molecular flexibility index (Phi) is 5.17. The standard InChI is InChI=1S/C18H29BrN2/c1-6-18(5)13-20-16(17(2,3)4)12-21(18)11-14-8-7-9-15(19)10-14/h7-10,16,20H,6,11-13H2,1-5H3. The minimum Gasteiger partial charge on any atom is -0.310 e. The largest absolute Gasteiger partial charge is 0.310 e. The van der Waals surface area contributed by atoms with Crippen molar-refractivity contribution in [1.82, 2.24) is 10.2 Å². The van der Waals surface area contributed by atoms with Crippen LogP contribution in [-0.4, -0.2) is 29.6 Å². The third-order valence-corrected chi connectivity index (χ3v) is 5.46. The van der Waals surface area contributed by atoms with Crippen molar-refractivity contribution < 1.29 is 0 Å². The van der Waals surface area contributed by atoms with Crippen molar-refractivity contribution in [2.45, 2.75) is 59.2 Å². The predicted octanol–water partition coefficient (Wildman–Crippen LogP) is 4.44. The molecule has 0 amide bonds. The second-order valence-electron chi connectivity index (χ2n) is 7.66. The fraction of sp³-hybridized carbons (Fsp3) is 0.667. The Morgan fingerprint density at radius 1 is 1.38 bits per heavy atom. The summed E-state index contributed by atoms with van der Waals surface area (Å²) in [7, 11) is 0. The maximum absolute atomic E-state index is 3.78. The minimum atomic E-state index is 0.240. The van der Waals surface area contributed by atoms with Gasteiger partial charge in [-0.25, -0.2) is 0 Å². The zero-order valence-electron chi connectivity index (χ0n) is 14.0. The third-order valence-electron chi connectivity index (χ3n) is 4.97. The van der Waals surface area contributed by atoms with Crippen LogP contribution in [0.5, 0.6) is 0 Å². The number of halogens is 1. The first-order chi connectivity index (χ1) is 9.74. The second kappa shape index (κ2) is 6.39. The van der Waals surface area contributed by atoms with Crippen LogP contribution in [0.3, 0.4) is 0 Å². The van der Waals surface area contributed by atoms with Gasteiger partial charge in [-0.05, 0) is 36.5 Å². The monoisotopic (exact) mass is 352 g/mol. The molecule has 0 spiro atoms. The van der Waals surface area contributed by atoms with Gasteiger partial charge < -0.3 is 5.32 Å². The van der Waals surface area contributed by atoms with Crippen molar-refractivity contribution in [2.75, 3.05) is 13.1 Å². The van der Waals surface area contributed by atoms with Gasteiger partial charge >= 0.3 is 0 Å². The molecule has 1 fully saturated rings. The van der Waals surface area contributed by atoms with Crippen molar-refractivity contribution in [1.29, 1.82) is 0 Å². The lowest BCUT2D eigenvalue weighted by Crippen LogP contribution is -2.65. The number of hydrogen-bond donors (Lipinski definition) is 1. The first kappa shape index (κ1) is 17.0. The fourth-order valence-corrected chi connectivity index (χ4v) is 3.45. The number of rotatable bonds is 3. The Bertz CT molecular complexity index is 480. The van der Waals surface area contributed by atoms with Gasteiger partial charge in [0.2, 0.25) is 0 Å². The maximum Gasteiger partial charge on any atom is 0.0307 e. The van der Waals surface area contributed by atoms with Crippen LogP contribution in [0.4, 0.5) is 0 Å². The van der Waals surface area contributed by atoms with E-state index in [4.69, 9.17) is 0 Å². The van der Waals surface area contributed by atoms with Crippen molar-refractivity contribution in [2.24, 2.45) is 5.41 Å². The summed E-state index contributed by atoms with van der Waals surface area (Å²) in [6.45, 7) is 14.9. The van der Waals surface area contributed by atoms with Gasteiger partial charge in [0, 0.05) is 35.7 Å². The van der Waals surface area contributed by atoms with Gasteiger partial charge in [-0.1, -0.05) is 55.8 Å². The van der Waals surface area contributed by atoms with Crippen LogP contribution in [0.1, 0.15) is 46.6 Å². The Morgan fingerprint density at radius 3 is 2.67 bits per heavy atom. The Labute approximate surface area is 138 Å². The van der Waals surface area contributed by atoms with Crippen LogP contribution in [0.25, 0.3) is 0 Å². The van der Waals surface area contributed by atoms with Crippen LogP contribution >= 0.6 is 15.9 Å². The molecule has 0 saturated carbocycles. The molecule has 0 bridgehead atoms. The molecule has 1 aliphatic heterocycles. The van der Waals surface area contributed by atoms with E-state index >= 15 is 0 Å². The number of nitrogens with zero attached hydrogens (tertiary/aromatic N) is 1. The number of hydrogen-bond acceptors (Lipinski definition) is 2. The van der Waals surface area contributed by atoms with Gasteiger partial charge in [0.25, 0.3) is 0 Å². The van der Waals surface area contributed by atoms with E-state index in [1.807, 2.05) is 0 Å². The zero-order chi connectivity index (χ0) is 15.7. The van der Waals surface area contributed by atoms with Crippen molar-refractivity contribution in [3.8, 4) is 0 Å². The smallest absolute Gasteiger partial charge is 0.0307 e. The summed E-state index contributed by atoms with van der Waals surface area (Å²) < 4.78 is 1.17. The molecule has 21 heavy (non-hydrogen) atoms. The van der Waals surface area contributed by atoms with Gasteiger partial charge in [0.1, 0.15) is 0 Å². The highest BCUT2D eigenvalue weighted by Gasteiger charge is 2.39. The van der Waals surface area contributed by atoms with Crippen LogP contribution in [0, 0.1) is 5.41 Å². The Balaban J connectivity index is 2.18. The summed E-state index contributed by atoms with van der Waals surface area (Å²) in [5.41, 5.74) is 1.92. The first-order valence-corrected chi connectivity index (χ1v) is 8.77. The Morgan fingerprint density at radius 2 is 2.10 bits per heavy atom. The van der Waals surface area contributed by atoms with Gasteiger partial charge in [-0.3, -0.25) is 4.90 Å².